The molecule has 0 saturated carbocycles. The summed E-state index contributed by atoms with van der Waals surface area (Å²) in [5.41, 5.74) is 0.687. The van der Waals surface area contributed by atoms with Gasteiger partial charge in [0.2, 0.25) is 0 Å². The first kappa shape index (κ1) is 6.92. The molecule has 0 spiro atoms. The average molecular weight is 140 g/mol. The van der Waals surface area contributed by atoms with Crippen molar-refractivity contribution in [2.45, 2.75) is 13.0 Å². The van der Waals surface area contributed by atoms with Crippen molar-refractivity contribution in [3.05, 3.63) is 0 Å². The van der Waals surface area contributed by atoms with Gasteiger partial charge in [-0.25, -0.2) is 9.79 Å². The van der Waals surface area contributed by atoms with Gasteiger partial charge in [-0.1, -0.05) is 0 Å². The lowest BCUT2D eigenvalue weighted by Crippen LogP contribution is -2.24. The van der Waals surface area contributed by atoms with Crippen LogP contribution in [0.25, 0.3) is 0 Å². The van der Waals surface area contributed by atoms with Crippen molar-refractivity contribution in [2.75, 3.05) is 7.11 Å². The molecule has 1 aliphatic rings. The molecule has 0 amide bonds. The predicted molar refractivity (Wildman–Crippen MR) is 37.4 cm³/mol. The van der Waals surface area contributed by atoms with Crippen LogP contribution >= 0.6 is 0 Å². The maximum atomic E-state index is 10.8. The van der Waals surface area contributed by atoms with E-state index in [4.69, 9.17) is 0 Å². The summed E-state index contributed by atoms with van der Waals surface area (Å²) in [5.74, 6) is -0.352. The molecule has 4 nitrogen and oxygen atoms in total. The molecule has 1 rings (SSSR count). The highest BCUT2D eigenvalue weighted by Gasteiger charge is 2.22. The van der Waals surface area contributed by atoms with Gasteiger partial charge in [0.1, 0.15) is 6.34 Å². The molecule has 0 aromatic heterocycles. The number of ether oxygens (including phenoxy) is 1. The van der Waals surface area contributed by atoms with E-state index >= 15 is 0 Å². The Bertz CT molecular complexity index is 208. The number of carbonyl (C=O) groups excluding carboxylic acids is 1. The fourth-order valence-corrected chi connectivity index (χ4v) is 0.713. The number of nitrogens with zero attached hydrogens (tertiary/aromatic N) is 2. The lowest BCUT2D eigenvalue weighted by molar-refractivity contribution is -0.140. The summed E-state index contributed by atoms with van der Waals surface area (Å²) in [6.07, 6.45) is 1.37. The number of hydrogen-bond donors (Lipinski definition) is 0. The van der Waals surface area contributed by atoms with E-state index in [0.29, 0.717) is 5.71 Å². The second-order valence-corrected chi connectivity index (χ2v) is 1.96. The first-order valence-electron chi connectivity index (χ1n) is 2.89. The normalized spacial score (nSPS) is 22.6. The lowest BCUT2D eigenvalue weighted by Gasteiger charge is -2.02. The Morgan fingerprint density at radius 3 is 2.90 bits per heavy atom. The van der Waals surface area contributed by atoms with E-state index < -0.39 is 6.04 Å². The molecule has 0 aromatic rings. The topological polar surface area (TPSA) is 51.0 Å². The summed E-state index contributed by atoms with van der Waals surface area (Å²) >= 11 is 0. The highest BCUT2D eigenvalue weighted by molar-refractivity contribution is 6.10. The highest BCUT2D eigenvalue weighted by Crippen LogP contribution is 2.02. The van der Waals surface area contributed by atoms with Gasteiger partial charge in [0.15, 0.2) is 6.04 Å². The van der Waals surface area contributed by atoms with Crippen LogP contribution in [0.4, 0.5) is 0 Å². The number of aliphatic imine (C=N–C) groups is 2. The highest BCUT2D eigenvalue weighted by atomic mass is 16.5. The van der Waals surface area contributed by atoms with Crippen molar-refractivity contribution in [3.63, 3.8) is 0 Å². The molecular formula is C6H8N2O2. The van der Waals surface area contributed by atoms with Crippen LogP contribution in [0.5, 0.6) is 0 Å². The van der Waals surface area contributed by atoms with Crippen LogP contribution in [0.2, 0.25) is 0 Å². The largest absolute Gasteiger partial charge is 0.467 e. The zero-order valence-electron chi connectivity index (χ0n) is 5.87. The Labute approximate surface area is 58.6 Å². The van der Waals surface area contributed by atoms with Gasteiger partial charge >= 0.3 is 5.97 Å². The van der Waals surface area contributed by atoms with Gasteiger partial charge in [-0.15, -0.1) is 0 Å². The third-order valence-corrected chi connectivity index (χ3v) is 1.30. The van der Waals surface area contributed by atoms with Gasteiger partial charge in [-0.05, 0) is 6.92 Å². The summed E-state index contributed by atoms with van der Waals surface area (Å²) in [6, 6.07) is -0.495. The molecule has 0 bridgehead atoms. The minimum atomic E-state index is -0.495. The molecule has 0 aromatic carbocycles. The summed E-state index contributed by atoms with van der Waals surface area (Å²) in [5, 5.41) is 0. The minimum absolute atomic E-state index is 0.352. The molecule has 1 aliphatic heterocycles. The molecule has 0 fully saturated rings. The first-order chi connectivity index (χ1) is 4.75. The SMILES string of the molecule is COC(=O)[C@H]1N=CN=C1C. The van der Waals surface area contributed by atoms with Crippen LogP contribution in [0, 0.1) is 0 Å². The molecule has 1 heterocycles. The molecule has 4 heteroatoms. The van der Waals surface area contributed by atoms with Crippen LogP contribution in [-0.4, -0.2) is 31.2 Å². The Morgan fingerprint density at radius 1 is 1.80 bits per heavy atom. The minimum Gasteiger partial charge on any atom is -0.467 e. The van der Waals surface area contributed by atoms with E-state index in [1.54, 1.807) is 6.92 Å². The van der Waals surface area contributed by atoms with Crippen molar-refractivity contribution in [1.82, 2.24) is 0 Å². The Kier molecular flexibility index (Phi) is 1.80. The van der Waals surface area contributed by atoms with E-state index in [9.17, 15) is 4.79 Å². The summed E-state index contributed by atoms with van der Waals surface area (Å²) in [4.78, 5) is 18.4. The monoisotopic (exact) mass is 140 g/mol. The molecular weight excluding hydrogens is 132 g/mol. The lowest BCUT2D eigenvalue weighted by atomic mass is 10.2. The second kappa shape index (κ2) is 2.60. The summed E-state index contributed by atoms with van der Waals surface area (Å²) in [7, 11) is 1.34. The second-order valence-electron chi connectivity index (χ2n) is 1.96. The van der Waals surface area contributed by atoms with Gasteiger partial charge in [0.25, 0.3) is 0 Å². The van der Waals surface area contributed by atoms with E-state index in [-0.39, 0.29) is 5.97 Å². The summed E-state index contributed by atoms with van der Waals surface area (Å²) < 4.78 is 4.47. The third-order valence-electron chi connectivity index (χ3n) is 1.30. The quantitative estimate of drug-likeness (QED) is 0.482. The van der Waals surface area contributed by atoms with Gasteiger partial charge < -0.3 is 4.74 Å². The van der Waals surface area contributed by atoms with Crippen LogP contribution in [-0.2, 0) is 9.53 Å². The predicted octanol–water partition coefficient (Wildman–Crippen LogP) is 0.0308. The zero-order chi connectivity index (χ0) is 7.56. The number of hydrogen-bond acceptors (Lipinski definition) is 4. The number of rotatable bonds is 1. The van der Waals surface area contributed by atoms with Crippen LogP contribution < -0.4 is 0 Å². The van der Waals surface area contributed by atoms with Crippen molar-refractivity contribution in [3.8, 4) is 0 Å². The Balaban J connectivity index is 2.66. The maximum absolute atomic E-state index is 10.8. The van der Waals surface area contributed by atoms with Crippen molar-refractivity contribution in [2.24, 2.45) is 9.98 Å². The van der Waals surface area contributed by atoms with Crippen LogP contribution in [0.3, 0.4) is 0 Å². The van der Waals surface area contributed by atoms with Crippen LogP contribution in [0.1, 0.15) is 6.92 Å². The molecule has 1 atom stereocenters. The first-order valence-corrected chi connectivity index (χ1v) is 2.89. The molecule has 10 heavy (non-hydrogen) atoms. The summed E-state index contributed by atoms with van der Waals surface area (Å²) in [6.45, 7) is 1.74. The van der Waals surface area contributed by atoms with Crippen molar-refractivity contribution >= 4 is 18.0 Å². The van der Waals surface area contributed by atoms with Gasteiger partial charge in [0.05, 0.1) is 12.8 Å². The van der Waals surface area contributed by atoms with Crippen LogP contribution in [0.15, 0.2) is 9.98 Å². The molecule has 0 aliphatic carbocycles. The van der Waals surface area contributed by atoms with Crippen molar-refractivity contribution in [1.29, 1.82) is 0 Å². The number of esters is 1. The molecule has 0 saturated heterocycles. The molecule has 54 valence electrons. The number of carbonyl (C=O) groups is 1. The molecule has 0 radical (unpaired) electrons. The van der Waals surface area contributed by atoms with E-state index in [2.05, 4.69) is 14.7 Å². The Morgan fingerprint density at radius 2 is 2.50 bits per heavy atom. The van der Waals surface area contributed by atoms with Gasteiger partial charge in [0, 0.05) is 0 Å². The van der Waals surface area contributed by atoms with Gasteiger partial charge in [-0.3, -0.25) is 4.99 Å². The number of methoxy groups -OCH3 is 1. The standard InChI is InChI=1S/C6H8N2O2/c1-4-5(6(9)10-2)8-3-7-4/h3,5H,1-2H3/t5-/m0/s1. The van der Waals surface area contributed by atoms with Crippen molar-refractivity contribution < 1.29 is 9.53 Å². The zero-order valence-corrected chi connectivity index (χ0v) is 5.87. The van der Waals surface area contributed by atoms with E-state index in [1.807, 2.05) is 0 Å². The third kappa shape index (κ3) is 1.05. The average Bonchev–Trinajstić information content (AvgIpc) is 2.34. The molecule has 0 N–H and O–H groups in total. The Hall–Kier alpha value is -1.19. The fraction of sp³-hybridized carbons (Fsp3) is 0.500. The van der Waals surface area contributed by atoms with E-state index in [1.165, 1.54) is 13.4 Å². The maximum Gasteiger partial charge on any atom is 0.336 e. The fourth-order valence-electron chi connectivity index (χ4n) is 0.713. The van der Waals surface area contributed by atoms with Gasteiger partial charge in [-0.2, -0.15) is 0 Å². The smallest absolute Gasteiger partial charge is 0.336 e. The van der Waals surface area contributed by atoms with E-state index in [0.717, 1.165) is 0 Å². The molecule has 0 unspecified atom stereocenters.